The van der Waals surface area contributed by atoms with Crippen LogP contribution in [-0.2, 0) is 9.59 Å². The first-order valence-corrected chi connectivity index (χ1v) is 9.02. The van der Waals surface area contributed by atoms with Crippen LogP contribution in [0.5, 0.6) is 0 Å². The molecular weight excluding hydrogens is 328 g/mol. The molecule has 0 spiro atoms. The van der Waals surface area contributed by atoms with Gasteiger partial charge in [0.1, 0.15) is 12.1 Å². The predicted octanol–water partition coefficient (Wildman–Crippen LogP) is 1.82. The summed E-state index contributed by atoms with van der Waals surface area (Å²) in [7, 11) is 0. The lowest BCUT2D eigenvalue weighted by atomic mass is 10.0. The minimum atomic E-state index is -1.05. The Morgan fingerprint density at radius 3 is 2.54 bits per heavy atom. The zero-order valence-electron chi connectivity index (χ0n) is 13.8. The van der Waals surface area contributed by atoms with Gasteiger partial charge >= 0.3 is 5.97 Å². The highest BCUT2D eigenvalue weighted by atomic mass is 32.2. The first-order chi connectivity index (χ1) is 11.4. The minimum Gasteiger partial charge on any atom is -0.480 e. The fourth-order valence-electron chi connectivity index (χ4n) is 2.57. The van der Waals surface area contributed by atoms with Crippen molar-refractivity contribution in [3.05, 3.63) is 35.9 Å². The van der Waals surface area contributed by atoms with Crippen molar-refractivity contribution in [3.8, 4) is 0 Å². The number of carboxylic acids is 1. The second-order valence-corrected chi connectivity index (χ2v) is 7.19. The Kier molecular flexibility index (Phi) is 6.25. The van der Waals surface area contributed by atoms with Gasteiger partial charge in [0.25, 0.3) is 5.91 Å². The summed E-state index contributed by atoms with van der Waals surface area (Å²) in [6, 6.07) is 7.21. The van der Waals surface area contributed by atoms with E-state index in [0.29, 0.717) is 23.6 Å². The van der Waals surface area contributed by atoms with E-state index in [9.17, 15) is 19.5 Å². The highest BCUT2D eigenvalue weighted by Gasteiger charge is 2.36. The molecule has 1 heterocycles. The molecule has 1 aromatic carbocycles. The molecule has 1 aliphatic heterocycles. The van der Waals surface area contributed by atoms with Crippen molar-refractivity contribution >= 4 is 29.5 Å². The summed E-state index contributed by atoms with van der Waals surface area (Å²) in [6.45, 7) is 3.80. The summed E-state index contributed by atoms with van der Waals surface area (Å²) in [5, 5.41) is 11.8. The molecule has 6 nitrogen and oxygen atoms in total. The van der Waals surface area contributed by atoms with Gasteiger partial charge in [0, 0.05) is 11.3 Å². The monoisotopic (exact) mass is 350 g/mol. The molecule has 1 aromatic rings. The first-order valence-electron chi connectivity index (χ1n) is 7.87. The molecule has 2 N–H and O–H groups in total. The third-order valence-corrected chi connectivity index (χ3v) is 4.80. The molecule has 0 aromatic heterocycles. The number of thioether (sulfide) groups is 1. The second kappa shape index (κ2) is 8.19. The molecule has 0 saturated carbocycles. The number of carboxylic acid groups (broad SMARTS) is 1. The molecule has 7 heteroatoms. The van der Waals surface area contributed by atoms with Gasteiger partial charge in [-0.1, -0.05) is 32.0 Å². The van der Waals surface area contributed by atoms with Crippen LogP contribution in [0.4, 0.5) is 0 Å². The Hall–Kier alpha value is -2.02. The van der Waals surface area contributed by atoms with Gasteiger partial charge in [0.05, 0.1) is 5.88 Å². The van der Waals surface area contributed by atoms with E-state index >= 15 is 0 Å². The van der Waals surface area contributed by atoms with Gasteiger partial charge in [-0.25, -0.2) is 4.79 Å². The number of carbonyl (C=O) groups is 3. The Morgan fingerprint density at radius 2 is 1.96 bits per heavy atom. The third kappa shape index (κ3) is 4.50. The SMILES string of the molecule is CC(C)C[C@@H](NC(=O)C1CSCN1C(=O)c1ccccc1)C(=O)O. The normalized spacial score (nSPS) is 18.5. The lowest BCUT2D eigenvalue weighted by Gasteiger charge is -2.25. The number of amides is 2. The van der Waals surface area contributed by atoms with Crippen molar-refractivity contribution in [1.82, 2.24) is 10.2 Å². The van der Waals surface area contributed by atoms with Crippen LogP contribution in [0.1, 0.15) is 30.6 Å². The molecule has 1 aliphatic rings. The number of hydrogen-bond acceptors (Lipinski definition) is 4. The van der Waals surface area contributed by atoms with E-state index in [0.717, 1.165) is 0 Å². The zero-order valence-corrected chi connectivity index (χ0v) is 14.6. The third-order valence-electron chi connectivity index (χ3n) is 3.79. The average molecular weight is 350 g/mol. The number of nitrogens with one attached hydrogen (secondary N) is 1. The van der Waals surface area contributed by atoms with Crippen molar-refractivity contribution in [2.24, 2.45) is 5.92 Å². The van der Waals surface area contributed by atoms with Crippen molar-refractivity contribution in [2.75, 3.05) is 11.6 Å². The van der Waals surface area contributed by atoms with E-state index in [2.05, 4.69) is 5.32 Å². The molecule has 2 amide bonds. The molecular formula is C17H22N2O4S. The van der Waals surface area contributed by atoms with E-state index < -0.39 is 24.0 Å². The summed E-state index contributed by atoms with van der Waals surface area (Å²) in [5.41, 5.74) is 0.523. The number of aliphatic carboxylic acids is 1. The number of nitrogens with zero attached hydrogens (tertiary/aromatic N) is 1. The van der Waals surface area contributed by atoms with Crippen molar-refractivity contribution in [3.63, 3.8) is 0 Å². The standard InChI is InChI=1S/C17H22N2O4S/c1-11(2)8-13(17(22)23)18-15(20)14-9-24-10-19(14)16(21)12-6-4-3-5-7-12/h3-7,11,13-14H,8-10H2,1-2H3,(H,18,20)(H,22,23)/t13-,14?/m1/s1. The van der Waals surface area contributed by atoms with Crippen molar-refractivity contribution in [1.29, 1.82) is 0 Å². The van der Waals surface area contributed by atoms with E-state index in [1.165, 1.54) is 16.7 Å². The van der Waals surface area contributed by atoms with Gasteiger partial charge < -0.3 is 15.3 Å². The summed E-state index contributed by atoms with van der Waals surface area (Å²) in [6.07, 6.45) is 0.355. The summed E-state index contributed by atoms with van der Waals surface area (Å²) in [5.74, 6) is -0.629. The average Bonchev–Trinajstić information content (AvgIpc) is 3.03. The molecule has 24 heavy (non-hydrogen) atoms. The van der Waals surface area contributed by atoms with Crippen LogP contribution < -0.4 is 5.32 Å². The van der Waals surface area contributed by atoms with Gasteiger partial charge in [-0.2, -0.15) is 0 Å². The van der Waals surface area contributed by atoms with Crippen LogP contribution in [0.15, 0.2) is 30.3 Å². The summed E-state index contributed by atoms with van der Waals surface area (Å²) in [4.78, 5) is 37.9. The quantitative estimate of drug-likeness (QED) is 0.817. The van der Waals surface area contributed by atoms with Gasteiger partial charge in [0.2, 0.25) is 5.91 Å². The van der Waals surface area contributed by atoms with Crippen molar-refractivity contribution < 1.29 is 19.5 Å². The summed E-state index contributed by atoms with van der Waals surface area (Å²) >= 11 is 1.49. The van der Waals surface area contributed by atoms with Crippen LogP contribution in [0.2, 0.25) is 0 Å². The fraction of sp³-hybridized carbons (Fsp3) is 0.471. The first kappa shape index (κ1) is 18.3. The van der Waals surface area contributed by atoms with Crippen LogP contribution in [0, 0.1) is 5.92 Å². The Balaban J connectivity index is 2.07. The topological polar surface area (TPSA) is 86.7 Å². The Labute approximate surface area is 145 Å². The maximum Gasteiger partial charge on any atom is 0.326 e. The highest BCUT2D eigenvalue weighted by molar-refractivity contribution is 7.99. The molecule has 2 rings (SSSR count). The molecule has 2 atom stereocenters. The zero-order chi connectivity index (χ0) is 17.7. The molecule has 0 radical (unpaired) electrons. The lowest BCUT2D eigenvalue weighted by molar-refractivity contribution is -0.142. The van der Waals surface area contributed by atoms with Gasteiger partial charge in [-0.05, 0) is 24.5 Å². The molecule has 1 fully saturated rings. The number of hydrogen-bond donors (Lipinski definition) is 2. The number of rotatable bonds is 6. The minimum absolute atomic E-state index is 0.145. The van der Waals surface area contributed by atoms with E-state index in [1.807, 2.05) is 19.9 Å². The fourth-order valence-corrected chi connectivity index (χ4v) is 3.72. The second-order valence-electron chi connectivity index (χ2n) is 6.19. The molecule has 1 unspecified atom stereocenters. The van der Waals surface area contributed by atoms with Crippen LogP contribution in [0.25, 0.3) is 0 Å². The Bertz CT molecular complexity index is 606. The maximum absolute atomic E-state index is 12.6. The smallest absolute Gasteiger partial charge is 0.326 e. The van der Waals surface area contributed by atoms with Gasteiger partial charge in [-0.3, -0.25) is 9.59 Å². The molecule has 0 bridgehead atoms. The number of carbonyl (C=O) groups excluding carboxylic acids is 2. The maximum atomic E-state index is 12.6. The predicted molar refractivity (Wildman–Crippen MR) is 92.7 cm³/mol. The van der Waals surface area contributed by atoms with Crippen LogP contribution in [0.3, 0.4) is 0 Å². The van der Waals surface area contributed by atoms with E-state index in [1.54, 1.807) is 24.3 Å². The molecule has 130 valence electrons. The molecule has 0 aliphatic carbocycles. The number of benzene rings is 1. The largest absolute Gasteiger partial charge is 0.480 e. The van der Waals surface area contributed by atoms with Gasteiger partial charge in [-0.15, -0.1) is 11.8 Å². The highest BCUT2D eigenvalue weighted by Crippen LogP contribution is 2.23. The van der Waals surface area contributed by atoms with Crippen LogP contribution >= 0.6 is 11.8 Å². The lowest BCUT2D eigenvalue weighted by Crippen LogP contribution is -2.52. The molecule has 1 saturated heterocycles. The Morgan fingerprint density at radius 1 is 1.29 bits per heavy atom. The van der Waals surface area contributed by atoms with Crippen molar-refractivity contribution in [2.45, 2.75) is 32.4 Å². The van der Waals surface area contributed by atoms with Crippen LogP contribution in [-0.4, -0.2) is 51.5 Å². The summed E-state index contributed by atoms with van der Waals surface area (Å²) < 4.78 is 0. The van der Waals surface area contributed by atoms with E-state index in [4.69, 9.17) is 0 Å². The van der Waals surface area contributed by atoms with E-state index in [-0.39, 0.29) is 11.8 Å². The van der Waals surface area contributed by atoms with Gasteiger partial charge in [0.15, 0.2) is 0 Å².